The van der Waals surface area contributed by atoms with Crippen molar-refractivity contribution in [2.24, 2.45) is 17.8 Å². The van der Waals surface area contributed by atoms with Gasteiger partial charge >= 0.3 is 0 Å². The van der Waals surface area contributed by atoms with Gasteiger partial charge in [0.2, 0.25) is 0 Å². The van der Waals surface area contributed by atoms with Crippen molar-refractivity contribution in [3.05, 3.63) is 11.6 Å². The fourth-order valence-corrected chi connectivity index (χ4v) is 3.10. The van der Waals surface area contributed by atoms with Crippen LogP contribution in [0.3, 0.4) is 0 Å². The third-order valence-corrected chi connectivity index (χ3v) is 3.95. The first-order chi connectivity index (χ1) is 5.79. The van der Waals surface area contributed by atoms with Gasteiger partial charge in [-0.1, -0.05) is 31.4 Å². The highest BCUT2D eigenvalue weighted by Gasteiger charge is 2.32. The molecule has 3 atom stereocenters. The van der Waals surface area contributed by atoms with Crippen LogP contribution in [-0.2, 0) is 0 Å². The molecule has 0 bridgehead atoms. The highest BCUT2D eigenvalue weighted by Crippen LogP contribution is 2.43. The van der Waals surface area contributed by atoms with Crippen molar-refractivity contribution in [1.82, 2.24) is 0 Å². The molecule has 0 aromatic heterocycles. The van der Waals surface area contributed by atoms with E-state index in [9.17, 15) is 0 Å². The Morgan fingerprint density at radius 1 is 1.25 bits per heavy atom. The second-order valence-electron chi connectivity index (χ2n) is 4.72. The molecule has 0 spiro atoms. The highest BCUT2D eigenvalue weighted by molar-refractivity contribution is 5.11. The molecule has 2 rings (SSSR count). The molecule has 0 heterocycles. The van der Waals surface area contributed by atoms with E-state index in [2.05, 4.69) is 19.9 Å². The number of hydrogen-bond donors (Lipinski definition) is 0. The van der Waals surface area contributed by atoms with Gasteiger partial charge in [-0.3, -0.25) is 0 Å². The van der Waals surface area contributed by atoms with Crippen LogP contribution in [0.5, 0.6) is 0 Å². The zero-order chi connectivity index (χ0) is 8.55. The summed E-state index contributed by atoms with van der Waals surface area (Å²) in [4.78, 5) is 0. The lowest BCUT2D eigenvalue weighted by Gasteiger charge is -2.39. The van der Waals surface area contributed by atoms with Crippen LogP contribution in [0, 0.1) is 17.8 Å². The fourth-order valence-electron chi connectivity index (χ4n) is 3.10. The third-order valence-electron chi connectivity index (χ3n) is 3.95. The predicted molar refractivity (Wildman–Crippen MR) is 53.0 cm³/mol. The lowest BCUT2D eigenvalue weighted by molar-refractivity contribution is 0.185. The predicted octanol–water partition coefficient (Wildman–Crippen LogP) is 3.78. The molecular weight excluding hydrogens is 144 g/mol. The third kappa shape index (κ3) is 1.32. The quantitative estimate of drug-likeness (QED) is 0.478. The first-order valence-corrected chi connectivity index (χ1v) is 5.45. The molecule has 0 amide bonds. The van der Waals surface area contributed by atoms with Crippen LogP contribution in [0.25, 0.3) is 0 Å². The number of rotatable bonds is 0. The molecule has 2 aliphatic carbocycles. The smallest absolute Gasteiger partial charge is 0.0175 e. The van der Waals surface area contributed by atoms with E-state index in [1.165, 1.54) is 32.1 Å². The lowest BCUT2D eigenvalue weighted by Crippen LogP contribution is -2.29. The molecule has 0 N–H and O–H groups in total. The summed E-state index contributed by atoms with van der Waals surface area (Å²) < 4.78 is 0. The first kappa shape index (κ1) is 8.34. The number of hydrogen-bond acceptors (Lipinski definition) is 0. The Hall–Kier alpha value is -0.260. The Bertz CT molecular complexity index is 190. The maximum atomic E-state index is 2.48. The summed E-state index contributed by atoms with van der Waals surface area (Å²) in [7, 11) is 0. The topological polar surface area (TPSA) is 0 Å². The lowest BCUT2D eigenvalue weighted by atomic mass is 9.66. The van der Waals surface area contributed by atoms with E-state index in [0.29, 0.717) is 0 Å². The van der Waals surface area contributed by atoms with Crippen molar-refractivity contribution < 1.29 is 0 Å². The molecule has 0 aliphatic heterocycles. The van der Waals surface area contributed by atoms with Crippen molar-refractivity contribution in [2.45, 2.75) is 46.0 Å². The zero-order valence-electron chi connectivity index (χ0n) is 8.34. The average molecular weight is 164 g/mol. The molecule has 68 valence electrons. The van der Waals surface area contributed by atoms with E-state index in [1.54, 1.807) is 5.57 Å². The molecule has 2 aliphatic rings. The van der Waals surface area contributed by atoms with E-state index >= 15 is 0 Å². The summed E-state index contributed by atoms with van der Waals surface area (Å²) in [5.41, 5.74) is 1.69. The van der Waals surface area contributed by atoms with Gasteiger partial charge in [0.25, 0.3) is 0 Å². The summed E-state index contributed by atoms with van der Waals surface area (Å²) >= 11 is 0. The van der Waals surface area contributed by atoms with Crippen LogP contribution in [0.2, 0.25) is 0 Å². The Balaban J connectivity index is 2.16. The van der Waals surface area contributed by atoms with Crippen molar-refractivity contribution in [3.8, 4) is 0 Å². The second kappa shape index (κ2) is 3.24. The van der Waals surface area contributed by atoms with Crippen molar-refractivity contribution in [3.63, 3.8) is 0 Å². The minimum absolute atomic E-state index is 0.957. The summed E-state index contributed by atoms with van der Waals surface area (Å²) in [6.07, 6.45) is 9.75. The number of allylic oxidation sites excluding steroid dienone is 2. The summed E-state index contributed by atoms with van der Waals surface area (Å²) in [6.45, 7) is 4.78. The van der Waals surface area contributed by atoms with Crippen molar-refractivity contribution in [2.75, 3.05) is 0 Å². The highest BCUT2D eigenvalue weighted by atomic mass is 14.4. The Morgan fingerprint density at radius 3 is 2.75 bits per heavy atom. The van der Waals surface area contributed by atoms with E-state index < -0.39 is 0 Å². The van der Waals surface area contributed by atoms with Gasteiger partial charge in [0, 0.05) is 0 Å². The van der Waals surface area contributed by atoms with E-state index in [1.807, 2.05) is 0 Å². The minimum atomic E-state index is 0.957. The van der Waals surface area contributed by atoms with Crippen LogP contribution in [0.1, 0.15) is 46.0 Å². The average Bonchev–Trinajstić information content (AvgIpc) is 2.12. The fraction of sp³-hybridized carbons (Fsp3) is 0.833. The van der Waals surface area contributed by atoms with Gasteiger partial charge in [-0.2, -0.15) is 0 Å². The summed E-state index contributed by atoms with van der Waals surface area (Å²) in [6, 6.07) is 0. The molecule has 12 heavy (non-hydrogen) atoms. The van der Waals surface area contributed by atoms with E-state index in [4.69, 9.17) is 0 Å². The van der Waals surface area contributed by atoms with Gasteiger partial charge in [0.1, 0.15) is 0 Å². The van der Waals surface area contributed by atoms with Crippen molar-refractivity contribution in [1.29, 1.82) is 0 Å². The molecule has 0 heteroatoms. The Kier molecular flexibility index (Phi) is 2.25. The van der Waals surface area contributed by atoms with Gasteiger partial charge in [0.15, 0.2) is 0 Å². The van der Waals surface area contributed by atoms with E-state index in [-0.39, 0.29) is 0 Å². The Labute approximate surface area is 76.1 Å². The minimum Gasteiger partial charge on any atom is -0.0850 e. The molecule has 1 saturated carbocycles. The van der Waals surface area contributed by atoms with Gasteiger partial charge in [-0.25, -0.2) is 0 Å². The van der Waals surface area contributed by atoms with Crippen molar-refractivity contribution >= 4 is 0 Å². The summed E-state index contributed by atoms with van der Waals surface area (Å²) in [5, 5.41) is 0. The molecule has 0 aromatic carbocycles. The molecule has 0 saturated heterocycles. The summed E-state index contributed by atoms with van der Waals surface area (Å²) in [5.74, 6) is 2.95. The molecule has 0 radical (unpaired) electrons. The molecule has 3 unspecified atom stereocenters. The monoisotopic (exact) mass is 164 g/mol. The Morgan fingerprint density at radius 2 is 2.00 bits per heavy atom. The van der Waals surface area contributed by atoms with Gasteiger partial charge in [-0.15, -0.1) is 0 Å². The molecule has 1 fully saturated rings. The van der Waals surface area contributed by atoms with Crippen LogP contribution in [0.4, 0.5) is 0 Å². The zero-order valence-corrected chi connectivity index (χ0v) is 8.34. The second-order valence-corrected chi connectivity index (χ2v) is 4.72. The van der Waals surface area contributed by atoms with Crippen LogP contribution >= 0.6 is 0 Å². The van der Waals surface area contributed by atoms with Crippen LogP contribution in [0.15, 0.2) is 11.6 Å². The number of fused-ring (bicyclic) bond motifs is 1. The maximum absolute atomic E-state index is 2.48. The van der Waals surface area contributed by atoms with Gasteiger partial charge in [0.05, 0.1) is 0 Å². The standard InChI is InChI=1S/C12H20/c1-9-7-8-10(2)12-6-4-3-5-11(9)12/h7,10-12H,3-6,8H2,1-2H3. The first-order valence-electron chi connectivity index (χ1n) is 5.45. The normalized spacial score (nSPS) is 41.8. The SMILES string of the molecule is CC1=CCC(C)C2CCCCC12. The largest absolute Gasteiger partial charge is 0.0850 e. The van der Waals surface area contributed by atoms with Crippen LogP contribution < -0.4 is 0 Å². The molecule has 0 aromatic rings. The van der Waals surface area contributed by atoms with E-state index in [0.717, 1.165) is 17.8 Å². The molecule has 0 nitrogen and oxygen atoms in total. The maximum Gasteiger partial charge on any atom is -0.0175 e. The molecular formula is C12H20. The van der Waals surface area contributed by atoms with Gasteiger partial charge < -0.3 is 0 Å². The van der Waals surface area contributed by atoms with Crippen LogP contribution in [-0.4, -0.2) is 0 Å². The van der Waals surface area contributed by atoms with Gasteiger partial charge in [-0.05, 0) is 43.9 Å².